The van der Waals surface area contributed by atoms with E-state index < -0.39 is 57.9 Å². The Bertz CT molecular complexity index is 3990. The van der Waals surface area contributed by atoms with E-state index in [1.165, 1.54) is 218 Å². The molecule has 0 aliphatic rings. The fourth-order valence-corrected chi connectivity index (χ4v) is 22.1. The highest BCUT2D eigenvalue weighted by atomic mass is 31.2. The number of rotatable bonds is 45. The van der Waals surface area contributed by atoms with Crippen LogP contribution >= 0.6 is 8.60 Å². The second-order valence-electron chi connectivity index (χ2n) is 53.3. The minimum Gasteiger partial charge on any atom is -0.291 e. The summed E-state index contributed by atoms with van der Waals surface area (Å²) in [5, 5.41) is 0. The third-order valence-electron chi connectivity index (χ3n) is 29.1. The molecule has 746 valence electrons. The molecule has 0 aliphatic heterocycles. The number of hydrogen-bond acceptors (Lipinski definition) is 3. The summed E-state index contributed by atoms with van der Waals surface area (Å²) in [6.45, 7) is 102. The Hall–Kier alpha value is -5.15. The van der Waals surface area contributed by atoms with E-state index in [0.29, 0.717) is 0 Å². The molecule has 0 N–H and O–H groups in total. The van der Waals surface area contributed by atoms with Crippen molar-refractivity contribution in [1.29, 1.82) is 0 Å². The van der Waals surface area contributed by atoms with Gasteiger partial charge < -0.3 is 0 Å². The van der Waals surface area contributed by atoms with Crippen LogP contribution in [0.25, 0.3) is 0 Å². The molecule has 0 unspecified atom stereocenters. The van der Waals surface area contributed by atoms with Gasteiger partial charge in [0.25, 0.3) is 0 Å². The lowest BCUT2D eigenvalue weighted by atomic mass is 9.66. The SMILES string of the molecule is C/C=C(/CCCCCCCCCCC)C(OP(OC(/C(=C/C)CCCCCCCCCCC)(c1ccc(C(C)(C)C)cc1C(C)(C)C)c1ccc(C(C)(C)C)cc1C(C)(C)C)OC(/C(=C/C)CCCCCCCCCCC)(c1ccc(C(C)(C)C)cc1C(C)(C)C)c1ccc(C(C)(C)C)cc1C(C)(C)C)(c1ccc(C(C)(C)C)cc1C(C)(C)C)c1ccc(C(C)(C)C)cc1C(C)(C)C. The van der Waals surface area contributed by atoms with Gasteiger partial charge in [0.1, 0.15) is 16.8 Å². The molecule has 0 saturated carbocycles. The summed E-state index contributed by atoms with van der Waals surface area (Å²) < 4.78 is 30.3. The molecule has 3 nitrogen and oxygen atoms in total. The van der Waals surface area contributed by atoms with Crippen LogP contribution in [0.5, 0.6) is 0 Å². The molecule has 6 aromatic rings. The van der Waals surface area contributed by atoms with Gasteiger partial charge in [0.15, 0.2) is 0 Å². The van der Waals surface area contributed by atoms with Crippen LogP contribution in [0.15, 0.2) is 144 Å². The summed E-state index contributed by atoms with van der Waals surface area (Å²) in [5.41, 5.74) is 18.0. The zero-order chi connectivity index (χ0) is 100. The first kappa shape index (κ1) is 117. The molecule has 0 fully saturated rings. The first-order valence-electron chi connectivity index (χ1n) is 54.1. The van der Waals surface area contributed by atoms with Crippen LogP contribution in [0.3, 0.4) is 0 Å². The highest BCUT2D eigenvalue weighted by molar-refractivity contribution is 7.41. The predicted octanol–water partition coefficient (Wildman–Crippen LogP) is 41.3. The Morgan fingerprint density at radius 3 is 0.444 bits per heavy atom. The molecule has 0 saturated heterocycles. The average molecular weight is 1840 g/mol. The third kappa shape index (κ3) is 30.9. The molecule has 6 aromatic carbocycles. The molecule has 6 rings (SSSR count). The second-order valence-corrected chi connectivity index (χ2v) is 54.3. The fourth-order valence-electron chi connectivity index (χ4n) is 20.4. The van der Waals surface area contributed by atoms with Crippen LogP contribution < -0.4 is 0 Å². The second kappa shape index (κ2) is 47.9. The summed E-state index contributed by atoms with van der Waals surface area (Å²) in [7, 11) is -2.87. The van der Waals surface area contributed by atoms with Gasteiger partial charge >= 0.3 is 8.60 Å². The van der Waals surface area contributed by atoms with Crippen molar-refractivity contribution in [1.82, 2.24) is 0 Å². The summed E-state index contributed by atoms with van der Waals surface area (Å²) in [6.07, 6.45) is 42.8. The van der Waals surface area contributed by atoms with Gasteiger partial charge in [0.05, 0.1) is 0 Å². The van der Waals surface area contributed by atoms with Crippen LogP contribution in [0, 0.1) is 0 Å². The van der Waals surface area contributed by atoms with Gasteiger partial charge in [-0.15, -0.1) is 0 Å². The highest BCUT2D eigenvalue weighted by Gasteiger charge is 2.57. The largest absolute Gasteiger partial charge is 0.337 e. The highest BCUT2D eigenvalue weighted by Crippen LogP contribution is 2.68. The van der Waals surface area contributed by atoms with E-state index in [0.717, 1.165) is 91.2 Å². The molecule has 133 heavy (non-hydrogen) atoms. The summed E-state index contributed by atoms with van der Waals surface area (Å²) in [6, 6.07) is 46.1. The Labute approximate surface area is 826 Å². The topological polar surface area (TPSA) is 27.7 Å². The van der Waals surface area contributed by atoms with Crippen molar-refractivity contribution in [3.63, 3.8) is 0 Å². The van der Waals surface area contributed by atoms with Gasteiger partial charge in [-0.2, -0.15) is 0 Å². The van der Waals surface area contributed by atoms with E-state index in [2.05, 4.69) is 418 Å². The lowest BCUT2D eigenvalue weighted by Gasteiger charge is -2.50. The van der Waals surface area contributed by atoms with Gasteiger partial charge in [-0.25, -0.2) is 0 Å². The Morgan fingerprint density at radius 2 is 0.323 bits per heavy atom. The molecular formula is C129H207O3P. The molecule has 0 spiro atoms. The molecular weight excluding hydrogens is 1630 g/mol. The van der Waals surface area contributed by atoms with Gasteiger partial charge in [0, 0.05) is 0 Å². The Morgan fingerprint density at radius 1 is 0.188 bits per heavy atom. The normalized spacial score (nSPS) is 14.2. The van der Waals surface area contributed by atoms with Crippen LogP contribution in [-0.4, -0.2) is 0 Å². The van der Waals surface area contributed by atoms with Crippen LogP contribution in [0.1, 0.15) is 584 Å². The summed E-state index contributed by atoms with van der Waals surface area (Å²) in [4.78, 5) is 0. The van der Waals surface area contributed by atoms with Crippen LogP contribution in [0.4, 0.5) is 0 Å². The third-order valence-corrected chi connectivity index (χ3v) is 30.4. The minimum absolute atomic E-state index is 0.193. The molecule has 0 aliphatic carbocycles. The first-order valence-corrected chi connectivity index (χ1v) is 55.2. The molecule has 0 amide bonds. The van der Waals surface area contributed by atoms with Crippen molar-refractivity contribution in [2.45, 2.75) is 565 Å². The van der Waals surface area contributed by atoms with E-state index in [1.807, 2.05) is 0 Å². The van der Waals surface area contributed by atoms with Gasteiger partial charge in [0.2, 0.25) is 0 Å². The number of allylic oxidation sites excluding steroid dienone is 3. The molecule has 0 bridgehead atoms. The van der Waals surface area contributed by atoms with Crippen molar-refractivity contribution < 1.29 is 13.6 Å². The zero-order valence-corrected chi connectivity index (χ0v) is 95.9. The number of benzene rings is 6. The maximum absolute atomic E-state index is 10.1. The fraction of sp³-hybridized carbons (Fsp3) is 0.674. The molecule has 0 radical (unpaired) electrons. The standard InChI is InChI=1S/C129H207O3P/c1-43-49-52-55-58-61-64-67-70-73-94(46-4)127(103-82-76-97(115(7,8)9)88-109(103)121(25,26)27,104-83-77-98(116(10,11)12)89-110(104)122(28,29)30)130-133(131-128(95(47-5)74-71-68-65-62-59-56-53-50-44-2,105-84-78-99(117(13,14)15)90-111(105)123(31,32)33)106-85-79-100(118(16,17)18)91-112(106)124(34,35)36)132-129(96(48-6)75-72-69-66-63-60-57-54-51-45-3,107-86-80-101(119(19,20)21)92-113(107)125(37,38)39)108-87-81-102(120(22,23)24)93-114(108)126(40,41)42/h46-48,76-93H,43-45,49-75H2,1-42H3/b94-46-,95-47+,96-48+. The van der Waals surface area contributed by atoms with Gasteiger partial charge in [-0.3, -0.25) is 13.6 Å². The molecule has 0 atom stereocenters. The predicted molar refractivity (Wildman–Crippen MR) is 592 cm³/mol. The lowest BCUT2D eigenvalue weighted by Crippen LogP contribution is -2.43. The van der Waals surface area contributed by atoms with Crippen molar-refractivity contribution >= 4 is 8.60 Å². The zero-order valence-electron chi connectivity index (χ0n) is 95.0. The van der Waals surface area contributed by atoms with Crippen molar-refractivity contribution in [3.05, 3.63) is 244 Å². The number of unbranched alkanes of at least 4 members (excludes halogenated alkanes) is 24. The van der Waals surface area contributed by atoms with Gasteiger partial charge in [-0.05, 0) is 241 Å². The molecule has 0 heterocycles. The van der Waals surface area contributed by atoms with E-state index >= 15 is 0 Å². The van der Waals surface area contributed by atoms with E-state index in [-0.39, 0.29) is 32.5 Å². The first-order chi connectivity index (χ1) is 61.3. The van der Waals surface area contributed by atoms with Crippen LogP contribution in [-0.2, 0) is 95.4 Å². The summed E-state index contributed by atoms with van der Waals surface area (Å²) >= 11 is 0. The van der Waals surface area contributed by atoms with Gasteiger partial charge in [-0.1, -0.05) is 552 Å². The number of hydrogen-bond donors (Lipinski definition) is 0. The maximum atomic E-state index is 10.1. The van der Waals surface area contributed by atoms with E-state index in [1.54, 1.807) is 0 Å². The maximum Gasteiger partial charge on any atom is 0.337 e. The lowest BCUT2D eigenvalue weighted by molar-refractivity contribution is 0.00931. The van der Waals surface area contributed by atoms with Crippen molar-refractivity contribution in [2.24, 2.45) is 0 Å². The molecule has 0 aromatic heterocycles. The average Bonchev–Trinajstić information content (AvgIpc) is 0.702. The minimum atomic E-state index is -2.87. The monoisotopic (exact) mass is 1840 g/mol. The summed E-state index contributed by atoms with van der Waals surface area (Å²) in [5.74, 6) is 0. The smallest absolute Gasteiger partial charge is 0.291 e. The van der Waals surface area contributed by atoms with E-state index in [9.17, 15) is 13.6 Å². The molecule has 4 heteroatoms. The van der Waals surface area contributed by atoms with Crippen LogP contribution in [0.2, 0.25) is 0 Å². The Balaban J connectivity index is 2.27. The Kier molecular flexibility index (Phi) is 42.0. The van der Waals surface area contributed by atoms with Crippen molar-refractivity contribution in [3.8, 4) is 0 Å². The van der Waals surface area contributed by atoms with E-state index in [4.69, 9.17) is 0 Å². The van der Waals surface area contributed by atoms with Crippen molar-refractivity contribution in [2.75, 3.05) is 0 Å². The quantitative estimate of drug-likeness (QED) is 0.0217.